The van der Waals surface area contributed by atoms with E-state index in [0.717, 1.165) is 37.9 Å². The Morgan fingerprint density at radius 3 is 2.89 bits per heavy atom. The Bertz CT molecular complexity index is 405. The van der Waals surface area contributed by atoms with Crippen molar-refractivity contribution in [3.8, 4) is 0 Å². The lowest BCUT2D eigenvalue weighted by Crippen LogP contribution is -2.23. The second-order valence-corrected chi connectivity index (χ2v) is 6.11. The number of halogens is 2. The Labute approximate surface area is 125 Å². The van der Waals surface area contributed by atoms with Gasteiger partial charge >= 0.3 is 0 Å². The molecule has 2 rings (SSSR count). The number of benzene rings is 1. The number of ether oxygens (including phenoxy) is 1. The monoisotopic (exact) mass is 301 g/mol. The molecule has 2 unspecified atom stereocenters. The molecule has 1 aliphatic rings. The first kappa shape index (κ1) is 15.1. The third-order valence-corrected chi connectivity index (χ3v) is 4.21. The molecule has 1 aromatic rings. The molecule has 1 saturated heterocycles. The Hall–Kier alpha value is -0.280. The van der Waals surface area contributed by atoms with E-state index < -0.39 is 0 Å². The van der Waals surface area contributed by atoms with Crippen molar-refractivity contribution in [3.63, 3.8) is 0 Å². The second-order valence-electron chi connectivity index (χ2n) is 5.27. The van der Waals surface area contributed by atoms with Crippen molar-refractivity contribution in [1.29, 1.82) is 0 Å². The van der Waals surface area contributed by atoms with Crippen LogP contribution in [0, 0.1) is 0 Å². The van der Waals surface area contributed by atoms with Crippen LogP contribution in [0.5, 0.6) is 0 Å². The fourth-order valence-electron chi connectivity index (χ4n) is 2.55. The minimum absolute atomic E-state index is 0.153. The van der Waals surface area contributed by atoms with Crippen LogP contribution >= 0.6 is 23.2 Å². The fourth-order valence-corrected chi connectivity index (χ4v) is 3.04. The predicted molar refractivity (Wildman–Crippen MR) is 81.0 cm³/mol. The van der Waals surface area contributed by atoms with Gasteiger partial charge in [0.15, 0.2) is 0 Å². The topological polar surface area (TPSA) is 35.2 Å². The normalized spacial score (nSPS) is 20.7. The Kier molecular flexibility index (Phi) is 5.96. The minimum Gasteiger partial charge on any atom is -0.378 e. The van der Waals surface area contributed by atoms with Crippen LogP contribution < -0.4 is 5.73 Å². The summed E-state index contributed by atoms with van der Waals surface area (Å²) in [4.78, 5) is 0. The zero-order valence-electron chi connectivity index (χ0n) is 11.1. The highest BCUT2D eigenvalue weighted by Gasteiger charge is 2.15. The van der Waals surface area contributed by atoms with Crippen molar-refractivity contribution in [3.05, 3.63) is 33.8 Å². The van der Waals surface area contributed by atoms with Crippen LogP contribution in [0.1, 0.15) is 37.7 Å². The van der Waals surface area contributed by atoms with Crippen molar-refractivity contribution in [1.82, 2.24) is 0 Å². The highest BCUT2D eigenvalue weighted by Crippen LogP contribution is 2.23. The molecule has 0 amide bonds. The van der Waals surface area contributed by atoms with Crippen LogP contribution in [-0.2, 0) is 11.2 Å². The molecule has 106 valence electrons. The van der Waals surface area contributed by atoms with E-state index in [1.807, 2.05) is 12.1 Å². The summed E-state index contributed by atoms with van der Waals surface area (Å²) in [5, 5.41) is 1.38. The molecule has 0 radical (unpaired) electrons. The van der Waals surface area contributed by atoms with Crippen LogP contribution in [0.2, 0.25) is 10.0 Å². The zero-order valence-corrected chi connectivity index (χ0v) is 12.6. The largest absolute Gasteiger partial charge is 0.378 e. The SMILES string of the molecule is NC(CCCC1CCCO1)Cc1ccc(Cl)cc1Cl. The van der Waals surface area contributed by atoms with Crippen LogP contribution in [0.15, 0.2) is 18.2 Å². The van der Waals surface area contributed by atoms with Crippen LogP contribution in [0.25, 0.3) is 0 Å². The van der Waals surface area contributed by atoms with Crippen LogP contribution in [0.3, 0.4) is 0 Å². The number of rotatable bonds is 6. The lowest BCUT2D eigenvalue weighted by atomic mass is 10.00. The molecule has 1 fully saturated rings. The Morgan fingerprint density at radius 1 is 1.37 bits per heavy atom. The first-order chi connectivity index (χ1) is 9.15. The molecule has 1 aliphatic heterocycles. The maximum Gasteiger partial charge on any atom is 0.0576 e. The van der Waals surface area contributed by atoms with Crippen molar-refractivity contribution in [2.24, 2.45) is 5.73 Å². The van der Waals surface area contributed by atoms with Gasteiger partial charge in [-0.2, -0.15) is 0 Å². The summed E-state index contributed by atoms with van der Waals surface area (Å²) in [7, 11) is 0. The standard InChI is InChI=1S/C15H21Cl2NO/c16-12-7-6-11(15(17)10-12)9-13(18)3-1-4-14-5-2-8-19-14/h6-7,10,13-14H,1-5,8-9,18H2. The predicted octanol–water partition coefficient (Wildman–Crippen LogP) is 4.21. The van der Waals surface area contributed by atoms with E-state index in [9.17, 15) is 0 Å². The summed E-state index contributed by atoms with van der Waals surface area (Å²) in [6, 6.07) is 5.75. The molecule has 0 aromatic heterocycles. The lowest BCUT2D eigenvalue weighted by Gasteiger charge is -2.14. The molecule has 0 aliphatic carbocycles. The quantitative estimate of drug-likeness (QED) is 0.854. The average Bonchev–Trinajstić information content (AvgIpc) is 2.86. The molecule has 2 atom stereocenters. The summed E-state index contributed by atoms with van der Waals surface area (Å²) in [6.07, 6.45) is 6.95. The third-order valence-electron chi connectivity index (χ3n) is 3.62. The van der Waals surface area contributed by atoms with E-state index >= 15 is 0 Å². The summed E-state index contributed by atoms with van der Waals surface area (Å²) in [6.45, 7) is 0.928. The van der Waals surface area contributed by atoms with Crippen molar-refractivity contribution >= 4 is 23.2 Å². The van der Waals surface area contributed by atoms with Gasteiger partial charge < -0.3 is 10.5 Å². The maximum absolute atomic E-state index is 6.16. The van der Waals surface area contributed by atoms with E-state index in [-0.39, 0.29) is 6.04 Å². The molecule has 1 aromatic carbocycles. The van der Waals surface area contributed by atoms with E-state index in [4.69, 9.17) is 33.7 Å². The van der Waals surface area contributed by atoms with Gasteiger partial charge in [0.25, 0.3) is 0 Å². The van der Waals surface area contributed by atoms with Crippen molar-refractivity contribution < 1.29 is 4.74 Å². The van der Waals surface area contributed by atoms with Gasteiger partial charge in [-0.1, -0.05) is 29.3 Å². The van der Waals surface area contributed by atoms with Gasteiger partial charge in [0.1, 0.15) is 0 Å². The summed E-state index contributed by atoms with van der Waals surface area (Å²) >= 11 is 12.0. The van der Waals surface area contributed by atoms with Gasteiger partial charge in [-0.05, 0) is 56.2 Å². The smallest absolute Gasteiger partial charge is 0.0576 e. The van der Waals surface area contributed by atoms with Gasteiger partial charge in [0.05, 0.1) is 6.10 Å². The van der Waals surface area contributed by atoms with Gasteiger partial charge in [0, 0.05) is 22.7 Å². The van der Waals surface area contributed by atoms with Gasteiger partial charge in [-0.15, -0.1) is 0 Å². The molecule has 2 nitrogen and oxygen atoms in total. The molecule has 4 heteroatoms. The first-order valence-corrected chi connectivity index (χ1v) is 7.72. The third kappa shape index (κ3) is 4.96. The molecule has 19 heavy (non-hydrogen) atoms. The molecular weight excluding hydrogens is 281 g/mol. The summed E-state index contributed by atoms with van der Waals surface area (Å²) in [5.41, 5.74) is 7.24. The first-order valence-electron chi connectivity index (χ1n) is 6.96. The number of hydrogen-bond acceptors (Lipinski definition) is 2. The van der Waals surface area contributed by atoms with Crippen LogP contribution in [-0.4, -0.2) is 18.8 Å². The van der Waals surface area contributed by atoms with E-state index in [0.29, 0.717) is 16.1 Å². The average molecular weight is 302 g/mol. The van der Waals surface area contributed by atoms with Gasteiger partial charge in [-0.25, -0.2) is 0 Å². The minimum atomic E-state index is 0.153. The van der Waals surface area contributed by atoms with E-state index in [1.165, 1.54) is 12.8 Å². The number of nitrogens with two attached hydrogens (primary N) is 1. The van der Waals surface area contributed by atoms with Crippen molar-refractivity contribution in [2.75, 3.05) is 6.61 Å². The molecule has 0 saturated carbocycles. The Morgan fingerprint density at radius 2 is 2.21 bits per heavy atom. The van der Waals surface area contributed by atoms with Gasteiger partial charge in [0.2, 0.25) is 0 Å². The van der Waals surface area contributed by atoms with E-state index in [1.54, 1.807) is 6.07 Å². The summed E-state index contributed by atoms with van der Waals surface area (Å²) in [5.74, 6) is 0. The zero-order chi connectivity index (χ0) is 13.7. The molecule has 0 bridgehead atoms. The van der Waals surface area contributed by atoms with E-state index in [2.05, 4.69) is 0 Å². The molecule has 0 spiro atoms. The maximum atomic E-state index is 6.16. The highest BCUT2D eigenvalue weighted by atomic mass is 35.5. The summed E-state index contributed by atoms with van der Waals surface area (Å²) < 4.78 is 5.61. The highest BCUT2D eigenvalue weighted by molar-refractivity contribution is 6.35. The molecule has 2 N–H and O–H groups in total. The van der Waals surface area contributed by atoms with Gasteiger partial charge in [-0.3, -0.25) is 0 Å². The van der Waals surface area contributed by atoms with Crippen molar-refractivity contribution in [2.45, 2.75) is 50.7 Å². The second kappa shape index (κ2) is 7.49. The Balaban J connectivity index is 1.72. The van der Waals surface area contributed by atoms with Crippen LogP contribution in [0.4, 0.5) is 0 Å². The molecular formula is C15H21Cl2NO. The number of hydrogen-bond donors (Lipinski definition) is 1. The fraction of sp³-hybridized carbons (Fsp3) is 0.600. The molecule has 1 heterocycles. The lowest BCUT2D eigenvalue weighted by molar-refractivity contribution is 0.101.